The minimum Gasteiger partial charge on any atom is -0.462 e. The van der Waals surface area contributed by atoms with Gasteiger partial charge in [-0.05, 0) is 50.5 Å². The van der Waals surface area contributed by atoms with E-state index in [2.05, 4.69) is 10.1 Å². The summed E-state index contributed by atoms with van der Waals surface area (Å²) < 4.78 is 29.5. The van der Waals surface area contributed by atoms with Crippen LogP contribution in [0.1, 0.15) is 83.4 Å². The summed E-state index contributed by atoms with van der Waals surface area (Å²) in [7, 11) is 3.81. The van der Waals surface area contributed by atoms with Crippen molar-refractivity contribution >= 4 is 11.7 Å². The molecule has 2 fully saturated rings. The number of nitrogens with zero attached hydrogens (tertiary/aromatic N) is 3. The van der Waals surface area contributed by atoms with Crippen LogP contribution in [0, 0.1) is 5.92 Å². The molecule has 74 heavy (non-hydrogen) atoms. The zero-order chi connectivity index (χ0) is 54.0. The number of benzene rings is 1. The Kier molecular flexibility index (Phi) is 24.0. The molecule has 0 saturated carbocycles. The number of esters is 1. The average molecular weight is 1040 g/mol. The Morgan fingerprint density at radius 3 is 1.95 bits per heavy atom. The smallest absolute Gasteiger partial charge is 0.308 e. The van der Waals surface area contributed by atoms with Crippen LogP contribution in [0.5, 0.6) is 0 Å². The summed E-state index contributed by atoms with van der Waals surface area (Å²) >= 11 is 0. The third kappa shape index (κ3) is 19.1. The monoisotopic (exact) mass is 1040 g/mol. The molecule has 20 nitrogen and oxygen atoms in total. The maximum atomic E-state index is 12.6. The van der Waals surface area contributed by atoms with E-state index in [0.717, 1.165) is 5.69 Å². The van der Waals surface area contributed by atoms with Crippen molar-refractivity contribution in [3.05, 3.63) is 115 Å². The van der Waals surface area contributed by atoms with Gasteiger partial charge in [0, 0.05) is 63.4 Å². The van der Waals surface area contributed by atoms with Gasteiger partial charge in [-0.3, -0.25) is 4.79 Å². The molecule has 0 spiro atoms. The molecule has 2 bridgehead atoms. The Hall–Kier alpha value is -4.75. The van der Waals surface area contributed by atoms with E-state index in [1.54, 1.807) is 49.5 Å². The number of anilines is 1. The first-order valence-corrected chi connectivity index (χ1v) is 25.3. The second kappa shape index (κ2) is 29.5. The van der Waals surface area contributed by atoms with Gasteiger partial charge in [-0.2, -0.15) is 4.98 Å². The molecular weight excluding hydrogens is 961 g/mol. The van der Waals surface area contributed by atoms with Gasteiger partial charge in [0.25, 0.3) is 0 Å². The Morgan fingerprint density at radius 1 is 0.689 bits per heavy atom. The number of fused-ring (bicyclic) bond motifs is 2. The molecule has 3 aliphatic rings. The van der Waals surface area contributed by atoms with E-state index in [1.807, 2.05) is 92.7 Å². The second-order valence-corrected chi connectivity index (χ2v) is 19.8. The first-order valence-electron chi connectivity index (χ1n) is 25.3. The van der Waals surface area contributed by atoms with Gasteiger partial charge in [0.1, 0.15) is 12.2 Å². The fourth-order valence-electron chi connectivity index (χ4n) is 8.89. The van der Waals surface area contributed by atoms with Crippen molar-refractivity contribution < 1.29 is 79.3 Å². The van der Waals surface area contributed by atoms with Gasteiger partial charge in [-0.25, -0.2) is 0 Å². The van der Waals surface area contributed by atoms with E-state index in [1.165, 1.54) is 0 Å². The molecule has 20 heteroatoms. The van der Waals surface area contributed by atoms with Crippen molar-refractivity contribution in [1.29, 1.82) is 0 Å². The van der Waals surface area contributed by atoms with Crippen molar-refractivity contribution in [2.45, 2.75) is 169 Å². The van der Waals surface area contributed by atoms with Crippen LogP contribution in [-0.2, 0) is 23.7 Å². The van der Waals surface area contributed by atoms with Crippen LogP contribution >= 0.6 is 0 Å². The molecule has 2 saturated heterocycles. The predicted octanol–water partition coefficient (Wildman–Crippen LogP) is 2.28. The molecule has 1 aromatic heterocycles. The summed E-state index contributed by atoms with van der Waals surface area (Å²) in [5.41, 5.74) is 7.63. The summed E-state index contributed by atoms with van der Waals surface area (Å²) in [4.78, 5) is 19.1. The lowest BCUT2D eigenvalue weighted by Gasteiger charge is -2.45. The van der Waals surface area contributed by atoms with Gasteiger partial charge in [-0.15, -0.1) is 0 Å². The molecule has 0 radical (unpaired) electrons. The molecule has 1 aromatic carbocycles. The first kappa shape index (κ1) is 60.1. The molecular formula is C54H78N4O16. The number of hydrogen-bond acceptors (Lipinski definition) is 20. The van der Waals surface area contributed by atoms with E-state index >= 15 is 0 Å². The Balaban J connectivity index is 1.41. The number of carbonyl (C=O) groups is 1. The lowest BCUT2D eigenvalue weighted by Crippen LogP contribution is -2.58. The van der Waals surface area contributed by atoms with Crippen LogP contribution in [0.15, 0.2) is 114 Å². The minimum atomic E-state index is -2.24. The SMILES string of the molecule is C[C@H]1C[C@H](O)[C@@H](C)/C=C/C=C/C=C/C=C/C=C/C=C/C=C/[C@H](O[C@@H]2OC[C@@H](O)[C@H](N)[C@@H]2O)C[C@@H]2O[C@](O)(C[C@@H](O)C[C@@H](O)[C@H](O)CC[C@@H](O)C[C@@H](O)CC(=O)O1)C[C@H](O)[C@H]2c1nc(-c2ccc(N(C)C)cc2)no1. The highest BCUT2D eigenvalue weighted by atomic mass is 16.7. The average Bonchev–Trinajstić information content (AvgIpc) is 3.82. The van der Waals surface area contributed by atoms with Crippen LogP contribution in [-0.4, -0.2) is 179 Å². The van der Waals surface area contributed by atoms with Gasteiger partial charge in [-0.1, -0.05) is 97.1 Å². The summed E-state index contributed by atoms with van der Waals surface area (Å²) in [6, 6.07) is 6.28. The number of rotatable bonds is 5. The third-order valence-corrected chi connectivity index (χ3v) is 13.1. The number of cyclic esters (lactones) is 1. The highest BCUT2D eigenvalue weighted by molar-refractivity contribution is 5.70. The van der Waals surface area contributed by atoms with Crippen LogP contribution in [0.4, 0.5) is 5.69 Å². The number of allylic oxidation sites excluding steroid dienone is 12. The molecule has 12 N–H and O–H groups in total. The number of aliphatic hydroxyl groups is 10. The lowest BCUT2D eigenvalue weighted by atomic mass is 9.82. The molecule has 410 valence electrons. The standard InChI is InChI=1S/C54H78N4O16/c1-33-17-15-13-11-9-7-5-6-8-10-12-14-16-18-40(72-53-50(68)49(55)45(66)32-70-53)29-46-48(52-56-51(57-74-52)35-19-21-36(22-20-35)58(3)4)44(65)31-54(69,73-46)30-39(61)27-43(64)41(62)24-23-37(59)26-38(60)28-47(67)71-34(2)25-42(33)63/h5-22,33-34,37-46,48-50,53,59-66,68-69H,23-32,55H2,1-4H3/b6-5+,9-7+,10-8+,13-11+,14-12+,17-15+,18-16+/t33-,34-,37+,38+,39-,40-,41+,42-,43+,44-,45+,46-,48+,49-,50-,53-,54+/m0/s1. The molecule has 0 unspecified atom stereocenters. The highest BCUT2D eigenvalue weighted by Crippen LogP contribution is 2.42. The van der Waals surface area contributed by atoms with E-state index in [-0.39, 0.29) is 56.3 Å². The van der Waals surface area contributed by atoms with Gasteiger partial charge >= 0.3 is 5.97 Å². The van der Waals surface area contributed by atoms with Crippen LogP contribution in [0.25, 0.3) is 11.4 Å². The quantitative estimate of drug-likeness (QED) is 0.191. The van der Waals surface area contributed by atoms with Crippen molar-refractivity contribution in [3.8, 4) is 11.4 Å². The second-order valence-electron chi connectivity index (χ2n) is 19.8. The third-order valence-electron chi connectivity index (χ3n) is 13.1. The summed E-state index contributed by atoms with van der Waals surface area (Å²) in [5, 5.41) is 114. The van der Waals surface area contributed by atoms with Crippen LogP contribution in [0.2, 0.25) is 0 Å². The molecule has 4 heterocycles. The molecule has 17 atom stereocenters. The molecule has 0 amide bonds. The van der Waals surface area contributed by atoms with E-state index < -0.39 is 129 Å². The molecule has 5 rings (SSSR count). The molecule has 0 aliphatic carbocycles. The summed E-state index contributed by atoms with van der Waals surface area (Å²) in [6.07, 6.45) is 6.60. The largest absolute Gasteiger partial charge is 0.462 e. The normalized spacial score (nSPS) is 39.4. The number of ether oxygens (including phenoxy) is 4. The predicted molar refractivity (Wildman–Crippen MR) is 274 cm³/mol. The first-order chi connectivity index (χ1) is 35.2. The topological polar surface area (TPSA) is 324 Å². The fraction of sp³-hybridized carbons (Fsp3) is 0.574. The van der Waals surface area contributed by atoms with Crippen molar-refractivity contribution in [2.24, 2.45) is 11.7 Å². The lowest BCUT2D eigenvalue weighted by molar-refractivity contribution is -0.300. The Bertz CT molecular complexity index is 2210. The van der Waals surface area contributed by atoms with E-state index in [9.17, 15) is 55.9 Å². The molecule has 3 aliphatic heterocycles. The number of carbonyl (C=O) groups excluding carboxylic acids is 1. The summed E-state index contributed by atoms with van der Waals surface area (Å²) in [5.74, 6) is -4.11. The van der Waals surface area contributed by atoms with Crippen molar-refractivity contribution in [2.75, 3.05) is 25.6 Å². The number of aliphatic hydroxyl groups excluding tert-OH is 9. The molecule has 2 aromatic rings. The zero-order valence-corrected chi connectivity index (χ0v) is 42.5. The maximum absolute atomic E-state index is 12.6. The number of nitrogens with two attached hydrogens (primary N) is 1. The maximum Gasteiger partial charge on any atom is 0.308 e. The fourth-order valence-corrected chi connectivity index (χ4v) is 8.89. The van der Waals surface area contributed by atoms with E-state index in [4.69, 9.17) is 29.2 Å². The number of aromatic nitrogens is 2. The Labute approximate surface area is 432 Å². The van der Waals surface area contributed by atoms with Crippen LogP contribution in [0.3, 0.4) is 0 Å². The van der Waals surface area contributed by atoms with Gasteiger partial charge in [0.05, 0.1) is 86.0 Å². The Morgan fingerprint density at radius 2 is 1.31 bits per heavy atom. The highest BCUT2D eigenvalue weighted by Gasteiger charge is 2.50. The van der Waals surface area contributed by atoms with Crippen LogP contribution < -0.4 is 10.6 Å². The van der Waals surface area contributed by atoms with Gasteiger partial charge in [0.15, 0.2) is 12.1 Å². The van der Waals surface area contributed by atoms with Gasteiger partial charge in [0.2, 0.25) is 11.7 Å². The zero-order valence-electron chi connectivity index (χ0n) is 42.5. The van der Waals surface area contributed by atoms with E-state index in [0.29, 0.717) is 5.56 Å². The van der Waals surface area contributed by atoms with Crippen molar-refractivity contribution in [3.63, 3.8) is 0 Å². The van der Waals surface area contributed by atoms with Crippen molar-refractivity contribution in [1.82, 2.24) is 10.1 Å². The number of hydrogen-bond donors (Lipinski definition) is 11. The van der Waals surface area contributed by atoms with Gasteiger partial charge < -0.3 is 85.2 Å². The minimum absolute atomic E-state index is 0.0300. The summed E-state index contributed by atoms with van der Waals surface area (Å²) in [6.45, 7) is 3.24.